The van der Waals surface area contributed by atoms with Crippen LogP contribution in [0.25, 0.3) is 0 Å². The Morgan fingerprint density at radius 1 is 1.07 bits per heavy atom. The molecular weight excluding hydrogens is 604 g/mol. The average molecular weight is 657 g/mol. The minimum Gasteiger partial charge on any atom is -0.455 e. The zero-order valence-corrected chi connectivity index (χ0v) is 29.8. The van der Waals surface area contributed by atoms with Crippen molar-refractivity contribution in [3.63, 3.8) is 0 Å². The number of aliphatic hydroxyl groups excluding tert-OH is 1. The molecule has 9 atom stereocenters. The predicted octanol–water partition coefficient (Wildman–Crippen LogP) is 5.39. The van der Waals surface area contributed by atoms with Crippen LogP contribution in [0.3, 0.4) is 0 Å². The van der Waals surface area contributed by atoms with E-state index >= 15 is 4.79 Å². The molecule has 3 aliphatic carbocycles. The van der Waals surface area contributed by atoms with Gasteiger partial charge in [-0.05, 0) is 55.3 Å². The third-order valence-electron chi connectivity index (χ3n) is 12.6. The molecule has 4 aliphatic rings. The smallest absolute Gasteiger partial charge is 0.338 e. The van der Waals surface area contributed by atoms with Crippen LogP contribution >= 0.6 is 0 Å². The minimum absolute atomic E-state index is 0.0546. The SMILES string of the molecule is CC[Si](CC)(CC)O[C@H]1C[C@@]2(O)[C@@H](OC(=O)c3ccccc3)[C@@H]3[C@]4(OC(C)=O)CO[C@@H]4C[C@H](O)[C@@]3(C)C(=O)[C@H](C)C(=C1C)C2(C)C. The molecule has 0 aromatic heterocycles. The van der Waals surface area contributed by atoms with Crippen molar-refractivity contribution < 1.29 is 43.2 Å². The van der Waals surface area contributed by atoms with Crippen LogP contribution < -0.4 is 0 Å². The summed E-state index contributed by atoms with van der Waals surface area (Å²) in [5.74, 6) is -3.35. The van der Waals surface area contributed by atoms with Gasteiger partial charge in [-0.1, -0.05) is 59.7 Å². The van der Waals surface area contributed by atoms with Crippen molar-refractivity contribution >= 4 is 26.0 Å². The minimum atomic E-state index is -2.23. The lowest BCUT2D eigenvalue weighted by atomic mass is 9.43. The number of carbonyl (C=O) groups excluding carboxylic acids is 3. The van der Waals surface area contributed by atoms with Gasteiger partial charge >= 0.3 is 11.9 Å². The largest absolute Gasteiger partial charge is 0.455 e. The number of esters is 2. The van der Waals surface area contributed by atoms with Crippen molar-refractivity contribution in [2.24, 2.45) is 22.7 Å². The van der Waals surface area contributed by atoms with Gasteiger partial charge in [0.25, 0.3) is 0 Å². The first kappa shape index (κ1) is 34.9. The number of ketones is 1. The van der Waals surface area contributed by atoms with E-state index in [2.05, 4.69) is 20.8 Å². The maximum absolute atomic E-state index is 15.0. The summed E-state index contributed by atoms with van der Waals surface area (Å²) in [6.45, 7) is 17.0. The lowest BCUT2D eigenvalue weighted by molar-refractivity contribution is -0.345. The van der Waals surface area contributed by atoms with E-state index in [1.165, 1.54) is 6.92 Å². The lowest BCUT2D eigenvalue weighted by Gasteiger charge is -2.67. The number of benzene rings is 1. The normalized spacial score (nSPS) is 38.5. The molecule has 1 saturated heterocycles. The van der Waals surface area contributed by atoms with Crippen molar-refractivity contribution in [2.75, 3.05) is 6.61 Å². The molecule has 46 heavy (non-hydrogen) atoms. The lowest BCUT2D eigenvalue weighted by Crippen LogP contribution is -2.81. The van der Waals surface area contributed by atoms with Crippen LogP contribution in [0.4, 0.5) is 0 Å². The van der Waals surface area contributed by atoms with Gasteiger partial charge in [-0.15, -0.1) is 0 Å². The fourth-order valence-electron chi connectivity index (χ4n) is 9.57. The van der Waals surface area contributed by atoms with Crippen LogP contribution in [0, 0.1) is 22.7 Å². The first-order valence-electron chi connectivity index (χ1n) is 16.9. The predicted molar refractivity (Wildman–Crippen MR) is 174 cm³/mol. The first-order chi connectivity index (χ1) is 21.5. The van der Waals surface area contributed by atoms with Crippen LogP contribution in [0.1, 0.15) is 85.5 Å². The number of aliphatic hydroxyl groups is 2. The Morgan fingerprint density at radius 3 is 2.20 bits per heavy atom. The maximum Gasteiger partial charge on any atom is 0.338 e. The highest BCUT2D eigenvalue weighted by molar-refractivity contribution is 6.73. The highest BCUT2D eigenvalue weighted by atomic mass is 28.4. The number of hydrogen-bond donors (Lipinski definition) is 2. The Hall–Kier alpha value is -2.37. The van der Waals surface area contributed by atoms with Gasteiger partial charge < -0.3 is 28.8 Å². The van der Waals surface area contributed by atoms with Gasteiger partial charge in [0.15, 0.2) is 13.9 Å². The van der Waals surface area contributed by atoms with Gasteiger partial charge in [0.1, 0.15) is 23.6 Å². The summed E-state index contributed by atoms with van der Waals surface area (Å²) in [6, 6.07) is 11.2. The van der Waals surface area contributed by atoms with Gasteiger partial charge in [-0.2, -0.15) is 0 Å². The quantitative estimate of drug-likeness (QED) is 0.215. The van der Waals surface area contributed by atoms with E-state index in [0.717, 1.165) is 29.3 Å². The Kier molecular flexibility index (Phi) is 9.08. The molecule has 0 unspecified atom stereocenters. The fraction of sp³-hybridized carbons (Fsp3) is 0.694. The molecule has 3 fully saturated rings. The van der Waals surface area contributed by atoms with E-state index in [-0.39, 0.29) is 30.8 Å². The number of hydrogen-bond acceptors (Lipinski definition) is 9. The zero-order chi connectivity index (χ0) is 34.0. The highest BCUT2D eigenvalue weighted by Gasteiger charge is 2.77. The third kappa shape index (κ3) is 4.88. The van der Waals surface area contributed by atoms with Crippen molar-refractivity contribution in [1.29, 1.82) is 0 Å². The molecule has 9 nitrogen and oxygen atoms in total. The summed E-state index contributed by atoms with van der Waals surface area (Å²) < 4.78 is 25.6. The van der Waals surface area contributed by atoms with Crippen LogP contribution in [0.5, 0.6) is 0 Å². The molecule has 10 heteroatoms. The average Bonchev–Trinajstić information content (AvgIpc) is 3.01. The van der Waals surface area contributed by atoms with Gasteiger partial charge in [0.05, 0.1) is 35.7 Å². The van der Waals surface area contributed by atoms with E-state index < -0.39 is 78.5 Å². The first-order valence-corrected chi connectivity index (χ1v) is 19.4. The van der Waals surface area contributed by atoms with Crippen LogP contribution in [-0.4, -0.2) is 78.5 Å². The number of ether oxygens (including phenoxy) is 3. The van der Waals surface area contributed by atoms with Crippen molar-refractivity contribution in [2.45, 2.75) is 129 Å². The Morgan fingerprint density at radius 2 is 1.67 bits per heavy atom. The number of rotatable bonds is 8. The van der Waals surface area contributed by atoms with Crippen molar-refractivity contribution in [3.05, 3.63) is 47.0 Å². The summed E-state index contributed by atoms with van der Waals surface area (Å²) in [6.07, 6.45) is -3.71. The molecule has 2 N–H and O–H groups in total. The summed E-state index contributed by atoms with van der Waals surface area (Å²) in [4.78, 5) is 41.8. The van der Waals surface area contributed by atoms with Gasteiger partial charge in [0, 0.05) is 31.1 Å². The number of Topliss-reactive ketones (excluding diaryl/α,β-unsaturated/α-hetero) is 1. The molecule has 2 bridgehead atoms. The monoisotopic (exact) mass is 656 g/mol. The third-order valence-corrected chi connectivity index (χ3v) is 17.2. The Balaban J connectivity index is 1.81. The maximum atomic E-state index is 15.0. The van der Waals surface area contributed by atoms with Crippen LogP contribution in [-0.2, 0) is 28.2 Å². The molecule has 0 spiro atoms. The summed E-state index contributed by atoms with van der Waals surface area (Å²) >= 11 is 0. The molecule has 0 radical (unpaired) electrons. The van der Waals surface area contributed by atoms with Gasteiger partial charge in [-0.3, -0.25) is 9.59 Å². The van der Waals surface area contributed by atoms with Crippen molar-refractivity contribution in [3.8, 4) is 0 Å². The molecule has 254 valence electrons. The second-order valence-corrected chi connectivity index (χ2v) is 19.6. The van der Waals surface area contributed by atoms with Crippen LogP contribution in [0.2, 0.25) is 18.1 Å². The molecule has 5 rings (SSSR count). The summed E-state index contributed by atoms with van der Waals surface area (Å²) in [5, 5.41) is 25.3. The van der Waals surface area contributed by atoms with E-state index in [1.807, 2.05) is 27.7 Å². The number of fused-ring (bicyclic) bond motifs is 5. The number of carbonyl (C=O) groups is 3. The van der Waals surface area contributed by atoms with E-state index in [4.69, 9.17) is 18.6 Å². The topological polar surface area (TPSA) is 129 Å². The molecule has 1 aliphatic heterocycles. The Bertz CT molecular complexity index is 1390. The summed E-state index contributed by atoms with van der Waals surface area (Å²) in [7, 11) is -2.23. The zero-order valence-electron chi connectivity index (χ0n) is 28.8. The Labute approximate surface area is 274 Å². The van der Waals surface area contributed by atoms with Gasteiger partial charge in [-0.25, -0.2) is 4.79 Å². The van der Waals surface area contributed by atoms with Crippen molar-refractivity contribution in [1.82, 2.24) is 0 Å². The molecule has 2 saturated carbocycles. The second-order valence-electron chi connectivity index (χ2n) is 14.8. The van der Waals surface area contributed by atoms with Crippen LogP contribution in [0.15, 0.2) is 41.5 Å². The van der Waals surface area contributed by atoms with Gasteiger partial charge in [0.2, 0.25) is 0 Å². The molecule has 1 aromatic carbocycles. The molecule has 0 amide bonds. The second kappa shape index (κ2) is 11.9. The fourth-order valence-corrected chi connectivity index (χ4v) is 12.4. The highest BCUT2D eigenvalue weighted by Crippen LogP contribution is 2.65. The summed E-state index contributed by atoms with van der Waals surface area (Å²) in [5.41, 5.74) is -3.93. The standard InChI is InChI=1S/C36H52O9Si/c1-10-46(11-2,12-3)45-25-19-36(41)31(43-32(40)24-16-14-13-15-17-24)29-34(9,30(39)22(5)28(21(25)4)33(36,7)8)26(38)18-27-35(29,20-42-27)44-23(6)37/h13-17,22,25-27,29,31,38,41H,10-12,18-20H2,1-9H3/t22-,25+,26+,27-,29+,31+,34-,35+,36-/m1/s1. The molecular formula is C36H52O9Si. The van der Waals surface area contributed by atoms with E-state index in [1.54, 1.807) is 37.3 Å². The molecule has 1 aromatic rings. The molecule has 1 heterocycles. The van der Waals surface area contributed by atoms with E-state index in [9.17, 15) is 19.8 Å². The van der Waals surface area contributed by atoms with E-state index in [0.29, 0.717) is 0 Å².